The van der Waals surface area contributed by atoms with Crippen LogP contribution in [0.15, 0.2) is 39.7 Å². The summed E-state index contributed by atoms with van der Waals surface area (Å²) < 4.78 is 53.2. The van der Waals surface area contributed by atoms with Crippen molar-refractivity contribution in [3.63, 3.8) is 0 Å². The number of nitrogens with two attached hydrogens (primary N) is 1. The molecule has 2 rings (SSSR count). The summed E-state index contributed by atoms with van der Waals surface area (Å²) >= 11 is 8.79. The number of sulfonamides is 1. The van der Waals surface area contributed by atoms with Crippen LogP contribution in [0.25, 0.3) is 0 Å². The van der Waals surface area contributed by atoms with Gasteiger partial charge < -0.3 is 5.73 Å². The average molecular weight is 398 g/mol. The average Bonchev–Trinajstić information content (AvgIpc) is 2.39. The normalized spacial score (nSPS) is 11.4. The van der Waals surface area contributed by atoms with E-state index in [1.807, 2.05) is 4.72 Å². The molecule has 0 fully saturated rings. The second-order valence-corrected chi connectivity index (χ2v) is 6.89. The molecule has 9 heteroatoms. The molecule has 0 amide bonds. The van der Waals surface area contributed by atoms with E-state index in [-0.39, 0.29) is 20.1 Å². The summed E-state index contributed by atoms with van der Waals surface area (Å²) in [5.41, 5.74) is 5.19. The minimum Gasteiger partial charge on any atom is -0.398 e. The zero-order chi connectivity index (χ0) is 15.8. The summed E-state index contributed by atoms with van der Waals surface area (Å²) in [6.45, 7) is 0. The Balaban J connectivity index is 2.51. The van der Waals surface area contributed by atoms with Crippen LogP contribution in [0.2, 0.25) is 5.02 Å². The number of anilines is 2. The topological polar surface area (TPSA) is 72.2 Å². The molecule has 4 nitrogen and oxygen atoms in total. The predicted molar refractivity (Wildman–Crippen MR) is 80.7 cm³/mol. The first-order valence-electron chi connectivity index (χ1n) is 5.43. The molecule has 0 bridgehead atoms. The van der Waals surface area contributed by atoms with E-state index in [1.165, 1.54) is 12.1 Å². The molecule has 0 radical (unpaired) electrons. The maximum Gasteiger partial charge on any atom is 0.263 e. The second kappa shape index (κ2) is 5.78. The summed E-state index contributed by atoms with van der Waals surface area (Å²) in [4.78, 5) is -0.281. The molecule has 0 aliphatic carbocycles. The molecule has 0 aliphatic heterocycles. The van der Waals surface area contributed by atoms with Crippen molar-refractivity contribution in [3.05, 3.63) is 51.5 Å². The zero-order valence-corrected chi connectivity index (χ0v) is 13.4. The van der Waals surface area contributed by atoms with Crippen LogP contribution in [0, 0.1) is 11.6 Å². The van der Waals surface area contributed by atoms with E-state index in [2.05, 4.69) is 15.9 Å². The Hall–Kier alpha value is -1.38. The van der Waals surface area contributed by atoms with E-state index in [9.17, 15) is 17.2 Å². The third kappa shape index (κ3) is 3.28. The minimum absolute atomic E-state index is 0.0798. The van der Waals surface area contributed by atoms with Crippen molar-refractivity contribution in [2.45, 2.75) is 4.90 Å². The Labute approximate surface area is 133 Å². The monoisotopic (exact) mass is 396 g/mol. The van der Waals surface area contributed by atoms with Gasteiger partial charge in [-0.2, -0.15) is 0 Å². The van der Waals surface area contributed by atoms with Gasteiger partial charge in [0.25, 0.3) is 10.0 Å². The molecule has 0 spiro atoms. The van der Waals surface area contributed by atoms with Crippen molar-refractivity contribution in [2.75, 3.05) is 10.5 Å². The molecular formula is C12H8BrClF2N2O2S. The first kappa shape index (κ1) is 16.0. The highest BCUT2D eigenvalue weighted by Gasteiger charge is 2.22. The quantitative estimate of drug-likeness (QED) is 0.775. The van der Waals surface area contributed by atoms with Crippen molar-refractivity contribution >= 4 is 48.9 Å². The number of benzene rings is 2. The molecule has 0 saturated carbocycles. The van der Waals surface area contributed by atoms with Gasteiger partial charge in [-0.05, 0) is 40.2 Å². The van der Waals surface area contributed by atoms with Gasteiger partial charge in [0.05, 0.1) is 10.2 Å². The first-order valence-corrected chi connectivity index (χ1v) is 8.09. The third-order valence-electron chi connectivity index (χ3n) is 2.52. The summed E-state index contributed by atoms with van der Waals surface area (Å²) in [5, 5.41) is 0.0933. The van der Waals surface area contributed by atoms with Crippen LogP contribution in [0.5, 0.6) is 0 Å². The maximum atomic E-state index is 13.5. The molecule has 0 unspecified atom stereocenters. The van der Waals surface area contributed by atoms with Gasteiger partial charge in [0.1, 0.15) is 4.90 Å². The van der Waals surface area contributed by atoms with Gasteiger partial charge in [0, 0.05) is 10.7 Å². The maximum absolute atomic E-state index is 13.5. The summed E-state index contributed by atoms with van der Waals surface area (Å²) in [7, 11) is -4.20. The van der Waals surface area contributed by atoms with E-state index >= 15 is 0 Å². The standard InChI is InChI=1S/C12H8BrClF2N2O2S/c13-11-8(17)4-6(14)5-10(11)21(19,20)18-9-3-1-2-7(15)12(9)16/h1-5,18H,17H2. The van der Waals surface area contributed by atoms with Crippen molar-refractivity contribution in [1.29, 1.82) is 0 Å². The lowest BCUT2D eigenvalue weighted by molar-refractivity contribution is 0.511. The Morgan fingerprint density at radius 1 is 1.24 bits per heavy atom. The Kier molecular flexibility index (Phi) is 4.40. The summed E-state index contributed by atoms with van der Waals surface area (Å²) in [5.74, 6) is -2.47. The highest BCUT2D eigenvalue weighted by molar-refractivity contribution is 9.10. The number of nitrogens with one attached hydrogen (secondary N) is 1. The van der Waals surface area contributed by atoms with Crippen LogP contribution in [-0.2, 0) is 10.0 Å². The van der Waals surface area contributed by atoms with E-state index in [0.717, 1.165) is 18.2 Å². The molecular weight excluding hydrogens is 390 g/mol. The second-order valence-electron chi connectivity index (χ2n) is 4.01. The fourth-order valence-corrected chi connectivity index (χ4v) is 3.91. The lowest BCUT2D eigenvalue weighted by Gasteiger charge is -2.12. The smallest absolute Gasteiger partial charge is 0.263 e. The molecule has 0 aromatic heterocycles. The van der Waals surface area contributed by atoms with E-state index in [0.29, 0.717) is 0 Å². The van der Waals surface area contributed by atoms with Crippen LogP contribution >= 0.6 is 27.5 Å². The minimum atomic E-state index is -4.20. The van der Waals surface area contributed by atoms with Crippen molar-refractivity contribution in [2.24, 2.45) is 0 Å². The largest absolute Gasteiger partial charge is 0.398 e. The van der Waals surface area contributed by atoms with E-state index in [1.54, 1.807) is 0 Å². The van der Waals surface area contributed by atoms with Gasteiger partial charge in [-0.1, -0.05) is 17.7 Å². The predicted octanol–water partition coefficient (Wildman–Crippen LogP) is 3.76. The first-order chi connectivity index (χ1) is 9.72. The molecule has 3 N–H and O–H groups in total. The van der Waals surface area contributed by atoms with Crippen molar-refractivity contribution in [1.82, 2.24) is 0 Å². The molecule has 2 aromatic carbocycles. The van der Waals surface area contributed by atoms with Gasteiger partial charge in [-0.15, -0.1) is 0 Å². The number of rotatable bonds is 3. The molecule has 0 saturated heterocycles. The zero-order valence-electron chi connectivity index (χ0n) is 10.2. The Morgan fingerprint density at radius 3 is 2.57 bits per heavy atom. The van der Waals surface area contributed by atoms with Crippen LogP contribution in [0.1, 0.15) is 0 Å². The van der Waals surface area contributed by atoms with Crippen LogP contribution in [0.3, 0.4) is 0 Å². The number of hydrogen-bond donors (Lipinski definition) is 2. The van der Waals surface area contributed by atoms with Gasteiger partial charge in [0.15, 0.2) is 11.6 Å². The number of nitrogen functional groups attached to an aromatic ring is 1. The molecule has 0 aliphatic rings. The van der Waals surface area contributed by atoms with Crippen molar-refractivity contribution < 1.29 is 17.2 Å². The van der Waals surface area contributed by atoms with Crippen molar-refractivity contribution in [3.8, 4) is 0 Å². The number of halogens is 4. The Morgan fingerprint density at radius 2 is 1.90 bits per heavy atom. The highest BCUT2D eigenvalue weighted by atomic mass is 79.9. The third-order valence-corrected chi connectivity index (χ3v) is 5.27. The molecule has 21 heavy (non-hydrogen) atoms. The lowest BCUT2D eigenvalue weighted by Crippen LogP contribution is -2.15. The van der Waals surface area contributed by atoms with Crippen LogP contribution < -0.4 is 10.5 Å². The molecule has 112 valence electrons. The van der Waals surface area contributed by atoms with E-state index in [4.69, 9.17) is 17.3 Å². The fraction of sp³-hybridized carbons (Fsp3) is 0. The summed E-state index contributed by atoms with van der Waals surface area (Å²) in [6.07, 6.45) is 0. The fourth-order valence-electron chi connectivity index (χ4n) is 1.56. The molecule has 0 heterocycles. The van der Waals surface area contributed by atoms with Gasteiger partial charge in [-0.25, -0.2) is 17.2 Å². The van der Waals surface area contributed by atoms with Crippen LogP contribution in [0.4, 0.5) is 20.2 Å². The van der Waals surface area contributed by atoms with E-state index < -0.39 is 27.3 Å². The van der Waals surface area contributed by atoms with Gasteiger partial charge >= 0.3 is 0 Å². The summed E-state index contributed by atoms with van der Waals surface area (Å²) in [6, 6.07) is 5.64. The lowest BCUT2D eigenvalue weighted by atomic mass is 10.3. The Bertz CT molecular complexity index is 815. The van der Waals surface area contributed by atoms with Gasteiger partial charge in [0.2, 0.25) is 0 Å². The van der Waals surface area contributed by atoms with Gasteiger partial charge in [-0.3, -0.25) is 4.72 Å². The molecule has 0 atom stereocenters. The molecule has 2 aromatic rings. The number of hydrogen-bond acceptors (Lipinski definition) is 3. The highest BCUT2D eigenvalue weighted by Crippen LogP contribution is 2.33. The van der Waals surface area contributed by atoms with Crippen LogP contribution in [-0.4, -0.2) is 8.42 Å². The SMILES string of the molecule is Nc1cc(Cl)cc(S(=O)(=O)Nc2cccc(F)c2F)c1Br.